The van der Waals surface area contributed by atoms with Crippen molar-refractivity contribution in [2.75, 3.05) is 0 Å². The van der Waals surface area contributed by atoms with Crippen LogP contribution in [0.3, 0.4) is 0 Å². The van der Waals surface area contributed by atoms with E-state index in [1.807, 2.05) is 0 Å². The lowest BCUT2D eigenvalue weighted by molar-refractivity contribution is 0.591. The van der Waals surface area contributed by atoms with Crippen molar-refractivity contribution >= 4 is 44.4 Å². The standard InChI is InChI=1S/C42H34N2/c1-41(2)32-14-9-13-30-31-23-26(24-35-39(31)44(38(30)32)40-33(41)15-10-16-34(40)42(35,3)4)25-19-21-27(22-20-25)43-36-17-7-5-11-28(36)29-12-6-8-18-37(29)43/h5-8,10-13,15-24H,9,14H2,1-4H3. The molecule has 0 N–H and O–H groups in total. The summed E-state index contributed by atoms with van der Waals surface area (Å²) in [5.41, 5.74) is 15.0. The predicted molar refractivity (Wildman–Crippen MR) is 185 cm³/mol. The van der Waals surface area contributed by atoms with E-state index in [2.05, 4.69) is 146 Å². The van der Waals surface area contributed by atoms with E-state index in [1.165, 1.54) is 82.5 Å². The summed E-state index contributed by atoms with van der Waals surface area (Å²) < 4.78 is 5.06. The highest BCUT2D eigenvalue weighted by Gasteiger charge is 2.43. The lowest BCUT2D eigenvalue weighted by atomic mass is 9.67. The van der Waals surface area contributed by atoms with Gasteiger partial charge in [0.1, 0.15) is 0 Å². The monoisotopic (exact) mass is 566 g/mol. The summed E-state index contributed by atoms with van der Waals surface area (Å²) in [6.07, 6.45) is 4.75. The van der Waals surface area contributed by atoms with Gasteiger partial charge in [0.05, 0.1) is 27.6 Å². The van der Waals surface area contributed by atoms with Gasteiger partial charge in [0.25, 0.3) is 0 Å². The van der Waals surface area contributed by atoms with Gasteiger partial charge in [-0.2, -0.15) is 0 Å². The van der Waals surface area contributed by atoms with E-state index in [0.29, 0.717) is 0 Å². The number of benzene rings is 5. The Bertz CT molecular complexity index is 2480. The van der Waals surface area contributed by atoms with Gasteiger partial charge in [-0.3, -0.25) is 0 Å². The van der Waals surface area contributed by atoms with E-state index in [9.17, 15) is 0 Å². The molecule has 0 atom stereocenters. The third kappa shape index (κ3) is 2.83. The maximum atomic E-state index is 2.65. The van der Waals surface area contributed by atoms with Gasteiger partial charge in [-0.25, -0.2) is 0 Å². The first-order valence-corrected chi connectivity index (χ1v) is 16.0. The Morgan fingerprint density at radius 3 is 1.93 bits per heavy atom. The highest BCUT2D eigenvalue weighted by molar-refractivity contribution is 6.09. The van der Waals surface area contributed by atoms with Gasteiger partial charge in [0.15, 0.2) is 0 Å². The van der Waals surface area contributed by atoms with Crippen molar-refractivity contribution in [3.8, 4) is 22.5 Å². The van der Waals surface area contributed by atoms with Crippen molar-refractivity contribution in [1.82, 2.24) is 9.13 Å². The minimum Gasteiger partial charge on any atom is -0.309 e. The maximum Gasteiger partial charge on any atom is 0.0582 e. The fourth-order valence-corrected chi connectivity index (χ4v) is 9.00. The summed E-state index contributed by atoms with van der Waals surface area (Å²) in [6, 6.07) is 38.7. The molecule has 0 saturated carbocycles. The smallest absolute Gasteiger partial charge is 0.0582 e. The Morgan fingerprint density at radius 1 is 0.568 bits per heavy atom. The Labute approximate surface area is 257 Å². The molecular weight excluding hydrogens is 532 g/mol. The van der Waals surface area contributed by atoms with Gasteiger partial charge in [0, 0.05) is 37.9 Å². The van der Waals surface area contributed by atoms with E-state index >= 15 is 0 Å². The van der Waals surface area contributed by atoms with Crippen molar-refractivity contribution in [3.05, 3.63) is 130 Å². The second-order valence-electron chi connectivity index (χ2n) is 14.1. The van der Waals surface area contributed by atoms with E-state index in [0.717, 1.165) is 12.8 Å². The Balaban J connectivity index is 1.23. The third-order valence-corrected chi connectivity index (χ3v) is 11.2. The van der Waals surface area contributed by atoms with Gasteiger partial charge in [-0.05, 0) is 82.6 Å². The van der Waals surface area contributed by atoms with Crippen LogP contribution >= 0.6 is 0 Å². The van der Waals surface area contributed by atoms with E-state index in [1.54, 1.807) is 5.57 Å². The van der Waals surface area contributed by atoms with Gasteiger partial charge in [-0.1, -0.05) is 101 Å². The number of fused-ring (bicyclic) bond motifs is 4. The van der Waals surface area contributed by atoms with Crippen LogP contribution < -0.4 is 10.6 Å². The van der Waals surface area contributed by atoms with Crippen molar-refractivity contribution in [2.45, 2.75) is 51.4 Å². The van der Waals surface area contributed by atoms with Crippen molar-refractivity contribution in [2.24, 2.45) is 0 Å². The summed E-state index contributed by atoms with van der Waals surface area (Å²) >= 11 is 0. The van der Waals surface area contributed by atoms with Crippen molar-refractivity contribution < 1.29 is 0 Å². The third-order valence-electron chi connectivity index (χ3n) is 11.2. The van der Waals surface area contributed by atoms with Gasteiger partial charge in [0.2, 0.25) is 0 Å². The van der Waals surface area contributed by atoms with E-state index < -0.39 is 0 Å². The van der Waals surface area contributed by atoms with Crippen LogP contribution in [-0.2, 0) is 10.8 Å². The second-order valence-corrected chi connectivity index (χ2v) is 14.1. The Kier molecular flexibility index (Phi) is 4.48. The molecule has 212 valence electrons. The number of rotatable bonds is 2. The summed E-state index contributed by atoms with van der Waals surface area (Å²) in [5.74, 6) is 0. The minimum atomic E-state index is -0.104. The molecule has 3 aliphatic rings. The van der Waals surface area contributed by atoms with Crippen LogP contribution in [0.2, 0.25) is 0 Å². The molecule has 0 bridgehead atoms. The van der Waals surface area contributed by atoms with Crippen LogP contribution in [0.5, 0.6) is 0 Å². The molecule has 5 aromatic carbocycles. The SMILES string of the molecule is CC1(C)C2=c3c(c4cc(-c5ccc(-n6c7ccccc7c7ccccc76)cc5)cc5c4n3-c3c1cccc3C5(C)C)=CCC2. The summed E-state index contributed by atoms with van der Waals surface area (Å²) in [4.78, 5) is 0. The summed E-state index contributed by atoms with van der Waals surface area (Å²) in [6.45, 7) is 9.75. The van der Waals surface area contributed by atoms with Crippen LogP contribution in [0, 0.1) is 0 Å². The average Bonchev–Trinajstić information content (AvgIpc) is 3.56. The zero-order valence-electron chi connectivity index (χ0n) is 25.7. The largest absolute Gasteiger partial charge is 0.309 e. The first-order valence-electron chi connectivity index (χ1n) is 16.0. The van der Waals surface area contributed by atoms with Crippen molar-refractivity contribution in [1.29, 1.82) is 0 Å². The Hall–Kier alpha value is -4.82. The second kappa shape index (κ2) is 8.01. The van der Waals surface area contributed by atoms with Gasteiger partial charge in [-0.15, -0.1) is 0 Å². The lowest BCUT2D eigenvalue weighted by Crippen LogP contribution is -2.45. The molecule has 44 heavy (non-hydrogen) atoms. The first-order chi connectivity index (χ1) is 21.4. The molecule has 0 fully saturated rings. The lowest BCUT2D eigenvalue weighted by Gasteiger charge is -2.42. The van der Waals surface area contributed by atoms with Gasteiger partial charge < -0.3 is 9.13 Å². The molecule has 4 heterocycles. The van der Waals surface area contributed by atoms with Crippen LogP contribution in [0.25, 0.3) is 66.9 Å². The maximum absolute atomic E-state index is 2.65. The molecule has 0 saturated heterocycles. The van der Waals surface area contributed by atoms with Crippen LogP contribution in [0.1, 0.15) is 57.2 Å². The van der Waals surface area contributed by atoms with E-state index in [-0.39, 0.29) is 10.8 Å². The molecule has 7 aromatic rings. The molecule has 10 rings (SSSR count). The molecule has 0 unspecified atom stereocenters. The molecule has 2 nitrogen and oxygen atoms in total. The molecule has 1 aliphatic carbocycles. The fraction of sp³-hybridized carbons (Fsp3) is 0.190. The average molecular weight is 567 g/mol. The minimum absolute atomic E-state index is 0.0256. The molecule has 0 radical (unpaired) electrons. The van der Waals surface area contributed by atoms with Crippen molar-refractivity contribution in [3.63, 3.8) is 0 Å². The highest BCUT2D eigenvalue weighted by Crippen LogP contribution is 2.51. The number of hydrogen-bond donors (Lipinski definition) is 0. The topological polar surface area (TPSA) is 9.86 Å². The molecule has 2 aliphatic heterocycles. The zero-order chi connectivity index (χ0) is 29.5. The van der Waals surface area contributed by atoms with Crippen LogP contribution in [0.15, 0.2) is 103 Å². The molecule has 2 heteroatoms. The first kappa shape index (κ1) is 24.6. The molecule has 2 aromatic heterocycles. The zero-order valence-corrected chi connectivity index (χ0v) is 25.7. The van der Waals surface area contributed by atoms with Crippen LogP contribution in [0.4, 0.5) is 0 Å². The predicted octanol–water partition coefficient (Wildman–Crippen LogP) is 9.05. The molecule has 0 spiro atoms. The van der Waals surface area contributed by atoms with Gasteiger partial charge >= 0.3 is 0 Å². The molecular formula is C42H34N2. The summed E-state index contributed by atoms with van der Waals surface area (Å²) in [5, 5.41) is 6.90. The number of nitrogens with zero attached hydrogens (tertiary/aromatic N) is 2. The fourth-order valence-electron chi connectivity index (χ4n) is 9.00. The quantitative estimate of drug-likeness (QED) is 0.198. The molecule has 0 amide bonds. The normalized spacial score (nSPS) is 17.0. The number of hydrogen-bond acceptors (Lipinski definition) is 0. The summed E-state index contributed by atoms with van der Waals surface area (Å²) in [7, 11) is 0. The number of para-hydroxylation sites is 3. The Morgan fingerprint density at radius 2 is 1.23 bits per heavy atom. The highest BCUT2D eigenvalue weighted by atomic mass is 15.0. The van der Waals surface area contributed by atoms with Crippen LogP contribution in [-0.4, -0.2) is 9.13 Å². The number of aromatic nitrogens is 2. The van der Waals surface area contributed by atoms with E-state index in [4.69, 9.17) is 0 Å².